The van der Waals surface area contributed by atoms with E-state index in [1.54, 1.807) is 30.6 Å². The normalized spacial score (nSPS) is 10.0. The Morgan fingerprint density at radius 2 is 2.06 bits per heavy atom. The Bertz CT molecular complexity index is 531. The van der Waals surface area contributed by atoms with Gasteiger partial charge in [0.15, 0.2) is 11.6 Å². The van der Waals surface area contributed by atoms with Crippen LogP contribution in [0.15, 0.2) is 36.7 Å². The van der Waals surface area contributed by atoms with E-state index in [4.69, 9.17) is 10.5 Å². The van der Waals surface area contributed by atoms with Crippen LogP contribution in [0.1, 0.15) is 0 Å². The van der Waals surface area contributed by atoms with Crippen molar-refractivity contribution in [1.29, 1.82) is 0 Å². The number of benzene rings is 1. The van der Waals surface area contributed by atoms with Crippen molar-refractivity contribution in [2.24, 2.45) is 0 Å². The molecular weight excluding hydrogens is 221 g/mol. The van der Waals surface area contributed by atoms with E-state index in [9.17, 15) is 4.39 Å². The van der Waals surface area contributed by atoms with Crippen molar-refractivity contribution in [1.82, 2.24) is 4.98 Å². The molecule has 0 saturated carbocycles. The highest BCUT2D eigenvalue weighted by Crippen LogP contribution is 2.24. The minimum atomic E-state index is -0.399. The van der Waals surface area contributed by atoms with Crippen molar-refractivity contribution < 1.29 is 9.13 Å². The summed E-state index contributed by atoms with van der Waals surface area (Å²) in [4.78, 5) is 3.95. The third-order valence-corrected chi connectivity index (χ3v) is 2.20. The van der Waals surface area contributed by atoms with Gasteiger partial charge in [0, 0.05) is 18.0 Å². The van der Waals surface area contributed by atoms with Crippen LogP contribution in [-0.4, -0.2) is 12.1 Å². The summed E-state index contributed by atoms with van der Waals surface area (Å²) in [6.07, 6.45) is 3.18. The topological polar surface area (TPSA) is 60.2 Å². The number of hydrogen-bond donors (Lipinski definition) is 2. The summed E-state index contributed by atoms with van der Waals surface area (Å²) < 4.78 is 18.1. The number of nitrogen functional groups attached to an aromatic ring is 1. The maximum Gasteiger partial charge on any atom is 0.165 e. The van der Waals surface area contributed by atoms with Gasteiger partial charge in [-0.15, -0.1) is 0 Å². The summed E-state index contributed by atoms with van der Waals surface area (Å²) >= 11 is 0. The molecule has 1 aromatic carbocycles. The smallest absolute Gasteiger partial charge is 0.165 e. The molecule has 3 N–H and O–H groups in total. The minimum Gasteiger partial charge on any atom is -0.494 e. The average molecular weight is 233 g/mol. The highest BCUT2D eigenvalue weighted by Gasteiger charge is 2.03. The van der Waals surface area contributed by atoms with Crippen molar-refractivity contribution in [2.75, 3.05) is 18.2 Å². The molecule has 0 aliphatic rings. The van der Waals surface area contributed by atoms with Crippen LogP contribution < -0.4 is 15.8 Å². The van der Waals surface area contributed by atoms with Crippen molar-refractivity contribution in [3.05, 3.63) is 42.5 Å². The molecule has 5 heteroatoms. The Labute approximate surface area is 98.2 Å². The summed E-state index contributed by atoms with van der Waals surface area (Å²) in [7, 11) is 1.42. The van der Waals surface area contributed by atoms with Crippen LogP contribution in [0.4, 0.5) is 21.5 Å². The summed E-state index contributed by atoms with van der Waals surface area (Å²) in [6.45, 7) is 0. The molecule has 17 heavy (non-hydrogen) atoms. The lowest BCUT2D eigenvalue weighted by Crippen LogP contribution is -1.95. The van der Waals surface area contributed by atoms with Gasteiger partial charge in [-0.3, -0.25) is 4.98 Å². The van der Waals surface area contributed by atoms with Crippen LogP contribution in [0.2, 0.25) is 0 Å². The van der Waals surface area contributed by atoms with Crippen LogP contribution in [0, 0.1) is 5.82 Å². The van der Waals surface area contributed by atoms with Gasteiger partial charge in [-0.1, -0.05) is 0 Å². The van der Waals surface area contributed by atoms with E-state index in [0.29, 0.717) is 11.4 Å². The second kappa shape index (κ2) is 4.69. The van der Waals surface area contributed by atoms with Crippen molar-refractivity contribution in [2.45, 2.75) is 0 Å². The molecule has 0 radical (unpaired) electrons. The van der Waals surface area contributed by atoms with E-state index in [1.165, 1.54) is 13.2 Å². The number of hydrogen-bond acceptors (Lipinski definition) is 4. The first-order valence-corrected chi connectivity index (χ1v) is 5.00. The predicted molar refractivity (Wildman–Crippen MR) is 64.9 cm³/mol. The zero-order valence-corrected chi connectivity index (χ0v) is 9.27. The highest BCUT2D eigenvalue weighted by molar-refractivity contribution is 5.63. The molecule has 88 valence electrons. The predicted octanol–water partition coefficient (Wildman–Crippen LogP) is 2.56. The van der Waals surface area contributed by atoms with Gasteiger partial charge in [0.1, 0.15) is 0 Å². The fourth-order valence-electron chi connectivity index (χ4n) is 1.43. The third-order valence-electron chi connectivity index (χ3n) is 2.20. The Morgan fingerprint density at radius 3 is 2.76 bits per heavy atom. The standard InChI is InChI=1S/C12H12FN3O/c1-17-12-5-9(2-3-11(12)13)16-10-4-8(14)6-15-7-10/h2-7,16H,14H2,1H3. The number of aromatic nitrogens is 1. The number of anilines is 3. The summed E-state index contributed by atoms with van der Waals surface area (Å²) in [5.74, 6) is -0.212. The Hall–Kier alpha value is -2.30. The number of methoxy groups -OCH3 is 1. The lowest BCUT2D eigenvalue weighted by atomic mass is 10.2. The molecule has 1 heterocycles. The van der Waals surface area contributed by atoms with E-state index >= 15 is 0 Å². The lowest BCUT2D eigenvalue weighted by molar-refractivity contribution is 0.387. The molecular formula is C12H12FN3O. The zero-order chi connectivity index (χ0) is 12.3. The average Bonchev–Trinajstić information content (AvgIpc) is 2.32. The number of nitrogens with one attached hydrogen (secondary N) is 1. The van der Waals surface area contributed by atoms with Crippen LogP contribution in [0.25, 0.3) is 0 Å². The molecule has 0 fully saturated rings. The zero-order valence-electron chi connectivity index (χ0n) is 9.27. The molecule has 0 unspecified atom stereocenters. The first-order valence-electron chi connectivity index (χ1n) is 5.00. The molecule has 0 spiro atoms. The third kappa shape index (κ3) is 2.63. The van der Waals surface area contributed by atoms with Crippen LogP contribution in [0.5, 0.6) is 5.75 Å². The Morgan fingerprint density at radius 1 is 1.24 bits per heavy atom. The fraction of sp³-hybridized carbons (Fsp3) is 0.0833. The highest BCUT2D eigenvalue weighted by atomic mass is 19.1. The van der Waals surface area contributed by atoms with E-state index in [-0.39, 0.29) is 5.75 Å². The second-order valence-corrected chi connectivity index (χ2v) is 3.48. The van der Waals surface area contributed by atoms with Gasteiger partial charge in [-0.2, -0.15) is 0 Å². The van der Waals surface area contributed by atoms with Gasteiger partial charge < -0.3 is 15.8 Å². The van der Waals surface area contributed by atoms with Crippen molar-refractivity contribution in [3.63, 3.8) is 0 Å². The molecule has 0 amide bonds. The molecule has 0 aliphatic carbocycles. The number of ether oxygens (including phenoxy) is 1. The first kappa shape index (κ1) is 11.2. The monoisotopic (exact) mass is 233 g/mol. The SMILES string of the molecule is COc1cc(Nc2cncc(N)c2)ccc1F. The van der Waals surface area contributed by atoms with Crippen LogP contribution >= 0.6 is 0 Å². The maximum absolute atomic E-state index is 13.2. The van der Waals surface area contributed by atoms with Gasteiger partial charge in [0.2, 0.25) is 0 Å². The largest absolute Gasteiger partial charge is 0.494 e. The molecule has 2 rings (SSSR count). The van der Waals surface area contributed by atoms with Crippen molar-refractivity contribution >= 4 is 17.1 Å². The van der Waals surface area contributed by atoms with E-state index in [1.807, 2.05) is 0 Å². The minimum absolute atomic E-state index is 0.187. The quantitative estimate of drug-likeness (QED) is 0.855. The van der Waals surface area contributed by atoms with Gasteiger partial charge in [-0.25, -0.2) is 4.39 Å². The van der Waals surface area contributed by atoms with Crippen LogP contribution in [0.3, 0.4) is 0 Å². The number of nitrogens with zero attached hydrogens (tertiary/aromatic N) is 1. The molecule has 2 aromatic rings. The molecule has 0 atom stereocenters. The summed E-state index contributed by atoms with van der Waals surface area (Å²) in [5.41, 5.74) is 7.60. The summed E-state index contributed by atoms with van der Waals surface area (Å²) in [6, 6.07) is 6.25. The Kier molecular flexibility index (Phi) is 3.09. The molecule has 0 saturated heterocycles. The van der Waals surface area contributed by atoms with Crippen LogP contribution in [-0.2, 0) is 0 Å². The second-order valence-electron chi connectivity index (χ2n) is 3.48. The van der Waals surface area contributed by atoms with E-state index in [2.05, 4.69) is 10.3 Å². The molecule has 1 aromatic heterocycles. The van der Waals surface area contributed by atoms with Gasteiger partial charge >= 0.3 is 0 Å². The van der Waals surface area contributed by atoms with Crippen molar-refractivity contribution in [3.8, 4) is 5.75 Å². The van der Waals surface area contributed by atoms with Gasteiger partial charge in [-0.05, 0) is 18.2 Å². The first-order chi connectivity index (χ1) is 8.19. The number of halogens is 1. The van der Waals surface area contributed by atoms with Gasteiger partial charge in [0.05, 0.1) is 24.7 Å². The molecule has 0 aliphatic heterocycles. The molecule has 0 bridgehead atoms. The van der Waals surface area contributed by atoms with Gasteiger partial charge in [0.25, 0.3) is 0 Å². The maximum atomic E-state index is 13.2. The number of nitrogens with two attached hydrogens (primary N) is 1. The fourth-order valence-corrected chi connectivity index (χ4v) is 1.43. The Balaban J connectivity index is 2.24. The van der Waals surface area contributed by atoms with E-state index in [0.717, 1.165) is 5.69 Å². The van der Waals surface area contributed by atoms with E-state index < -0.39 is 5.82 Å². The lowest BCUT2D eigenvalue weighted by Gasteiger charge is -2.08. The number of pyridine rings is 1. The number of rotatable bonds is 3. The molecule has 4 nitrogen and oxygen atoms in total. The summed E-state index contributed by atoms with van der Waals surface area (Å²) in [5, 5.41) is 3.06.